The highest BCUT2D eigenvalue weighted by Gasteiger charge is 2.57. The first-order chi connectivity index (χ1) is 6.61. The van der Waals surface area contributed by atoms with E-state index in [4.69, 9.17) is 5.73 Å². The van der Waals surface area contributed by atoms with Crippen LogP contribution < -0.4 is 5.73 Å². The fraction of sp³-hybridized carbons (Fsp3) is 0.818. The van der Waals surface area contributed by atoms with E-state index in [-0.39, 0.29) is 23.2 Å². The van der Waals surface area contributed by atoms with Crippen molar-refractivity contribution < 1.29 is 9.59 Å². The van der Waals surface area contributed by atoms with Crippen LogP contribution in [0.4, 0.5) is 0 Å². The maximum absolute atomic E-state index is 11.8. The number of Topliss-reactive ketones (excluding diaryl/α,β-unsaturated/α-hetero) is 1. The van der Waals surface area contributed by atoms with Crippen LogP contribution in [-0.2, 0) is 9.59 Å². The number of carbonyl (C=O) groups is 2. The van der Waals surface area contributed by atoms with Crippen molar-refractivity contribution in [3.8, 4) is 0 Å². The van der Waals surface area contributed by atoms with Gasteiger partial charge in [-0.15, -0.1) is 0 Å². The van der Waals surface area contributed by atoms with E-state index in [0.717, 1.165) is 32.1 Å². The zero-order chi connectivity index (χ0) is 9.92. The molecule has 4 saturated carbocycles. The second kappa shape index (κ2) is 2.38. The van der Waals surface area contributed by atoms with E-state index in [1.54, 1.807) is 0 Å². The van der Waals surface area contributed by atoms with Gasteiger partial charge in [0.2, 0.25) is 5.91 Å². The van der Waals surface area contributed by atoms with Gasteiger partial charge in [0.15, 0.2) is 0 Å². The lowest BCUT2D eigenvalue weighted by Gasteiger charge is -2.54. The second-order valence-electron chi connectivity index (χ2n) is 5.39. The van der Waals surface area contributed by atoms with Crippen LogP contribution in [0.1, 0.15) is 32.1 Å². The predicted molar refractivity (Wildman–Crippen MR) is 50.2 cm³/mol. The summed E-state index contributed by atoms with van der Waals surface area (Å²) in [7, 11) is 0. The molecule has 0 heterocycles. The minimum absolute atomic E-state index is 0.161. The average Bonchev–Trinajstić information content (AvgIpc) is 2.12. The Morgan fingerprint density at radius 1 is 1.21 bits per heavy atom. The standard InChI is InChI=1S/C11H15NO2/c12-10(14)11-3-6-1-7(4-11)9(13)8(2-6)5-11/h6-8H,1-5H2,(H2,12,14)/t6?,7-,8-,11?/m1/s1. The van der Waals surface area contributed by atoms with Gasteiger partial charge < -0.3 is 5.73 Å². The highest BCUT2D eigenvalue weighted by molar-refractivity contribution is 5.90. The quantitative estimate of drug-likeness (QED) is 0.671. The van der Waals surface area contributed by atoms with Gasteiger partial charge in [0.05, 0.1) is 5.41 Å². The van der Waals surface area contributed by atoms with Gasteiger partial charge in [0, 0.05) is 11.8 Å². The van der Waals surface area contributed by atoms with Gasteiger partial charge >= 0.3 is 0 Å². The molecule has 14 heavy (non-hydrogen) atoms. The Morgan fingerprint density at radius 2 is 1.79 bits per heavy atom. The Kier molecular flexibility index (Phi) is 1.44. The summed E-state index contributed by atoms with van der Waals surface area (Å²) in [5.41, 5.74) is 5.19. The molecule has 0 aliphatic heterocycles. The molecule has 0 spiro atoms. The monoisotopic (exact) mass is 193 g/mol. The Balaban J connectivity index is 2.00. The van der Waals surface area contributed by atoms with E-state index in [2.05, 4.69) is 0 Å². The molecule has 4 aliphatic carbocycles. The van der Waals surface area contributed by atoms with E-state index < -0.39 is 0 Å². The van der Waals surface area contributed by atoms with Crippen LogP contribution in [-0.4, -0.2) is 11.7 Å². The fourth-order valence-electron chi connectivity index (χ4n) is 4.05. The number of hydrogen-bond acceptors (Lipinski definition) is 2. The third kappa shape index (κ3) is 0.877. The van der Waals surface area contributed by atoms with Crippen molar-refractivity contribution in [1.82, 2.24) is 0 Å². The highest BCUT2D eigenvalue weighted by Crippen LogP contribution is 2.58. The van der Waals surface area contributed by atoms with Crippen LogP contribution in [0.2, 0.25) is 0 Å². The minimum Gasteiger partial charge on any atom is -0.369 e. The van der Waals surface area contributed by atoms with Crippen LogP contribution in [0, 0.1) is 23.2 Å². The van der Waals surface area contributed by atoms with Gasteiger partial charge in [-0.2, -0.15) is 0 Å². The predicted octanol–water partition coefficient (Wildman–Crippen LogP) is 0.867. The highest BCUT2D eigenvalue weighted by atomic mass is 16.1. The van der Waals surface area contributed by atoms with Crippen molar-refractivity contribution in [2.24, 2.45) is 28.9 Å². The first-order valence-electron chi connectivity index (χ1n) is 5.44. The molecule has 0 aromatic heterocycles. The van der Waals surface area contributed by atoms with Gasteiger partial charge in [-0.3, -0.25) is 9.59 Å². The Labute approximate surface area is 83.0 Å². The lowest BCUT2D eigenvalue weighted by Crippen LogP contribution is -2.56. The van der Waals surface area contributed by atoms with Crippen molar-refractivity contribution in [1.29, 1.82) is 0 Å². The molecule has 4 fully saturated rings. The molecule has 0 radical (unpaired) electrons. The smallest absolute Gasteiger partial charge is 0.223 e. The van der Waals surface area contributed by atoms with Gasteiger partial charge in [-0.1, -0.05) is 0 Å². The first-order valence-corrected chi connectivity index (χ1v) is 5.44. The van der Waals surface area contributed by atoms with E-state index in [9.17, 15) is 9.59 Å². The van der Waals surface area contributed by atoms with Crippen LogP contribution in [0.3, 0.4) is 0 Å². The molecule has 3 nitrogen and oxygen atoms in total. The summed E-state index contributed by atoms with van der Waals surface area (Å²) >= 11 is 0. The molecule has 2 N–H and O–H groups in total. The van der Waals surface area contributed by atoms with Gasteiger partial charge in [0.25, 0.3) is 0 Å². The molecule has 1 amide bonds. The van der Waals surface area contributed by atoms with Crippen molar-refractivity contribution >= 4 is 11.7 Å². The van der Waals surface area contributed by atoms with Crippen molar-refractivity contribution in [3.63, 3.8) is 0 Å². The lowest BCUT2D eigenvalue weighted by atomic mass is 9.49. The minimum atomic E-state index is -0.301. The number of hydrogen-bond donors (Lipinski definition) is 1. The molecule has 4 rings (SSSR count). The number of primary amides is 1. The Bertz CT molecular complexity index is 305. The number of nitrogens with two attached hydrogens (primary N) is 1. The first kappa shape index (κ1) is 8.45. The SMILES string of the molecule is NC(=O)C12CC3C[C@H](C1)C(=O)[C@H](C3)C2. The Hall–Kier alpha value is -0.860. The van der Waals surface area contributed by atoms with Crippen LogP contribution >= 0.6 is 0 Å². The fourth-order valence-corrected chi connectivity index (χ4v) is 4.05. The van der Waals surface area contributed by atoms with Crippen molar-refractivity contribution in [2.45, 2.75) is 32.1 Å². The van der Waals surface area contributed by atoms with Crippen LogP contribution in [0.15, 0.2) is 0 Å². The van der Waals surface area contributed by atoms with Gasteiger partial charge in [-0.25, -0.2) is 0 Å². The van der Waals surface area contributed by atoms with Crippen molar-refractivity contribution in [2.75, 3.05) is 0 Å². The molecule has 4 aliphatic rings. The second-order valence-corrected chi connectivity index (χ2v) is 5.39. The molecular formula is C11H15NO2. The maximum atomic E-state index is 11.8. The number of carbonyl (C=O) groups excluding carboxylic acids is 2. The van der Waals surface area contributed by atoms with Crippen molar-refractivity contribution in [3.05, 3.63) is 0 Å². The molecule has 3 heteroatoms. The lowest BCUT2D eigenvalue weighted by molar-refractivity contribution is -0.155. The molecule has 4 bridgehead atoms. The molecule has 2 atom stereocenters. The number of ketones is 1. The van der Waals surface area contributed by atoms with Crippen LogP contribution in [0.5, 0.6) is 0 Å². The van der Waals surface area contributed by atoms with E-state index in [0.29, 0.717) is 11.7 Å². The summed E-state index contributed by atoms with van der Waals surface area (Å²) in [6, 6.07) is 0. The van der Waals surface area contributed by atoms with E-state index in [1.165, 1.54) is 0 Å². The normalized spacial score (nSPS) is 49.7. The number of rotatable bonds is 1. The van der Waals surface area contributed by atoms with E-state index in [1.807, 2.05) is 0 Å². The largest absolute Gasteiger partial charge is 0.369 e. The summed E-state index contributed by atoms with van der Waals surface area (Å²) in [6.07, 6.45) is 4.47. The average molecular weight is 193 g/mol. The molecule has 0 aromatic carbocycles. The summed E-state index contributed by atoms with van der Waals surface area (Å²) in [5.74, 6) is 1.17. The van der Waals surface area contributed by atoms with Gasteiger partial charge in [-0.05, 0) is 38.0 Å². The summed E-state index contributed by atoms with van der Waals surface area (Å²) in [4.78, 5) is 23.3. The molecule has 0 unspecified atom stereocenters. The summed E-state index contributed by atoms with van der Waals surface area (Å²) in [5, 5.41) is 0. The molecule has 0 aromatic rings. The molecule has 76 valence electrons. The summed E-state index contributed by atoms with van der Waals surface area (Å²) < 4.78 is 0. The van der Waals surface area contributed by atoms with Gasteiger partial charge in [0.1, 0.15) is 5.78 Å². The third-order valence-corrected chi connectivity index (χ3v) is 4.52. The number of amides is 1. The maximum Gasteiger partial charge on any atom is 0.223 e. The van der Waals surface area contributed by atoms with Crippen LogP contribution in [0.25, 0.3) is 0 Å². The van der Waals surface area contributed by atoms with E-state index >= 15 is 0 Å². The zero-order valence-electron chi connectivity index (χ0n) is 8.16. The topological polar surface area (TPSA) is 60.2 Å². The third-order valence-electron chi connectivity index (χ3n) is 4.52. The molecular weight excluding hydrogens is 178 g/mol. The summed E-state index contributed by atoms with van der Waals surface area (Å²) in [6.45, 7) is 0. The molecule has 0 saturated heterocycles. The Morgan fingerprint density at radius 3 is 2.29 bits per heavy atom. The zero-order valence-corrected chi connectivity index (χ0v) is 8.16.